The average Bonchev–Trinajstić information content (AvgIpc) is 2.71. The van der Waals surface area contributed by atoms with E-state index in [4.69, 9.17) is 0 Å². The van der Waals surface area contributed by atoms with Crippen LogP contribution in [0.25, 0.3) is 0 Å². The van der Waals surface area contributed by atoms with E-state index in [0.29, 0.717) is 5.41 Å². The van der Waals surface area contributed by atoms with E-state index in [1.807, 2.05) is 11.6 Å². The first-order chi connectivity index (χ1) is 6.68. The van der Waals surface area contributed by atoms with Gasteiger partial charge in [-0.15, -0.1) is 11.3 Å². The molecule has 1 aromatic heterocycles. The number of rotatable bonds is 3. The summed E-state index contributed by atoms with van der Waals surface area (Å²) in [6.07, 6.45) is 5.98. The van der Waals surface area contributed by atoms with E-state index in [0.717, 1.165) is 17.6 Å². The molecular weight excluding hydrogens is 192 g/mol. The Labute approximate surface area is 89.8 Å². The third-order valence-corrected chi connectivity index (χ3v) is 4.14. The van der Waals surface area contributed by atoms with Crippen LogP contribution >= 0.6 is 11.3 Å². The molecule has 0 spiro atoms. The van der Waals surface area contributed by atoms with E-state index in [-0.39, 0.29) is 0 Å². The Kier molecular flexibility index (Phi) is 2.77. The van der Waals surface area contributed by atoms with Gasteiger partial charge < -0.3 is 5.32 Å². The average molecular weight is 210 g/mol. The van der Waals surface area contributed by atoms with Gasteiger partial charge in [-0.3, -0.25) is 0 Å². The molecule has 2 nitrogen and oxygen atoms in total. The number of aromatic nitrogens is 1. The van der Waals surface area contributed by atoms with Crippen molar-refractivity contribution in [1.82, 2.24) is 4.98 Å². The van der Waals surface area contributed by atoms with Gasteiger partial charge in [-0.2, -0.15) is 0 Å². The minimum Gasteiger partial charge on any atom is -0.361 e. The Morgan fingerprint density at radius 1 is 1.64 bits per heavy atom. The van der Waals surface area contributed by atoms with Crippen LogP contribution in [0.2, 0.25) is 0 Å². The van der Waals surface area contributed by atoms with Crippen molar-refractivity contribution in [2.45, 2.75) is 33.1 Å². The number of nitrogens with one attached hydrogen (secondary N) is 1. The summed E-state index contributed by atoms with van der Waals surface area (Å²) in [6.45, 7) is 5.85. The second-order valence-electron chi connectivity index (χ2n) is 4.80. The van der Waals surface area contributed by atoms with Crippen molar-refractivity contribution < 1.29 is 0 Å². The number of anilines is 1. The summed E-state index contributed by atoms with van der Waals surface area (Å²) in [5.41, 5.74) is 0.518. The summed E-state index contributed by atoms with van der Waals surface area (Å²) in [7, 11) is 0. The molecule has 1 aliphatic rings. The Bertz CT molecular complexity index is 279. The first-order valence-electron chi connectivity index (χ1n) is 5.32. The number of thiazole rings is 1. The van der Waals surface area contributed by atoms with Crippen molar-refractivity contribution in [3.8, 4) is 0 Å². The van der Waals surface area contributed by atoms with Gasteiger partial charge in [0, 0.05) is 18.1 Å². The number of hydrogen-bond donors (Lipinski definition) is 1. The standard InChI is InChI=1S/C11H18N2S/c1-11(2)5-3-4-9(11)8-13-10-12-6-7-14-10/h6-7,9H,3-5,8H2,1-2H3,(H,12,13). The van der Waals surface area contributed by atoms with Gasteiger partial charge in [0.1, 0.15) is 0 Å². The topological polar surface area (TPSA) is 24.9 Å². The third-order valence-electron chi connectivity index (χ3n) is 3.41. The maximum absolute atomic E-state index is 4.23. The normalized spacial score (nSPS) is 25.1. The molecule has 1 saturated carbocycles. The van der Waals surface area contributed by atoms with Crippen LogP contribution in [-0.4, -0.2) is 11.5 Å². The molecule has 0 aromatic carbocycles. The molecule has 0 aliphatic heterocycles. The van der Waals surface area contributed by atoms with Gasteiger partial charge in [0.2, 0.25) is 0 Å². The maximum Gasteiger partial charge on any atom is 0.182 e. The largest absolute Gasteiger partial charge is 0.361 e. The Morgan fingerprint density at radius 2 is 2.50 bits per heavy atom. The van der Waals surface area contributed by atoms with E-state index >= 15 is 0 Å². The molecule has 3 heteroatoms. The van der Waals surface area contributed by atoms with Crippen LogP contribution in [0.5, 0.6) is 0 Å². The molecule has 1 fully saturated rings. The highest BCUT2D eigenvalue weighted by atomic mass is 32.1. The fourth-order valence-corrected chi connectivity index (χ4v) is 2.84. The lowest BCUT2D eigenvalue weighted by Crippen LogP contribution is -2.24. The molecule has 1 unspecified atom stereocenters. The highest BCUT2D eigenvalue weighted by molar-refractivity contribution is 7.13. The highest BCUT2D eigenvalue weighted by Crippen LogP contribution is 2.42. The second-order valence-corrected chi connectivity index (χ2v) is 5.69. The highest BCUT2D eigenvalue weighted by Gasteiger charge is 2.33. The van der Waals surface area contributed by atoms with E-state index in [1.165, 1.54) is 19.3 Å². The Morgan fingerprint density at radius 3 is 3.07 bits per heavy atom. The molecule has 0 amide bonds. The third kappa shape index (κ3) is 2.08. The van der Waals surface area contributed by atoms with Gasteiger partial charge in [-0.05, 0) is 24.2 Å². The van der Waals surface area contributed by atoms with E-state index in [2.05, 4.69) is 24.1 Å². The SMILES string of the molecule is CC1(C)CCCC1CNc1nccs1. The minimum atomic E-state index is 0.518. The molecule has 1 aromatic rings. The molecule has 0 radical (unpaired) electrons. The summed E-state index contributed by atoms with van der Waals surface area (Å²) >= 11 is 1.68. The van der Waals surface area contributed by atoms with Gasteiger partial charge in [0.25, 0.3) is 0 Å². The Hall–Kier alpha value is -0.570. The van der Waals surface area contributed by atoms with Gasteiger partial charge in [0.15, 0.2) is 5.13 Å². The van der Waals surface area contributed by atoms with Crippen LogP contribution < -0.4 is 5.32 Å². The summed E-state index contributed by atoms with van der Waals surface area (Å²) in [5, 5.41) is 6.51. The quantitative estimate of drug-likeness (QED) is 0.827. The zero-order valence-corrected chi connectivity index (χ0v) is 9.73. The molecule has 1 heterocycles. The number of hydrogen-bond acceptors (Lipinski definition) is 3. The van der Waals surface area contributed by atoms with Crippen LogP contribution in [0.4, 0.5) is 5.13 Å². The lowest BCUT2D eigenvalue weighted by molar-refractivity contribution is 0.272. The first kappa shape index (κ1) is 9.97. The summed E-state index contributed by atoms with van der Waals surface area (Å²) in [6, 6.07) is 0. The predicted molar refractivity (Wildman–Crippen MR) is 61.7 cm³/mol. The van der Waals surface area contributed by atoms with Crippen molar-refractivity contribution in [3.63, 3.8) is 0 Å². The maximum atomic E-state index is 4.23. The molecule has 0 bridgehead atoms. The molecule has 1 atom stereocenters. The van der Waals surface area contributed by atoms with Crippen molar-refractivity contribution in [3.05, 3.63) is 11.6 Å². The van der Waals surface area contributed by atoms with Gasteiger partial charge in [0.05, 0.1) is 0 Å². The van der Waals surface area contributed by atoms with Gasteiger partial charge in [-0.25, -0.2) is 4.98 Å². The molecule has 14 heavy (non-hydrogen) atoms. The molecule has 2 rings (SSSR count). The summed E-state index contributed by atoms with van der Waals surface area (Å²) in [4.78, 5) is 4.23. The van der Waals surface area contributed by atoms with Crippen LogP contribution in [0, 0.1) is 11.3 Å². The van der Waals surface area contributed by atoms with Crippen LogP contribution in [0.3, 0.4) is 0 Å². The molecule has 78 valence electrons. The summed E-state index contributed by atoms with van der Waals surface area (Å²) in [5.74, 6) is 0.811. The van der Waals surface area contributed by atoms with E-state index in [1.54, 1.807) is 11.3 Å². The lowest BCUT2D eigenvalue weighted by atomic mass is 9.82. The fraction of sp³-hybridized carbons (Fsp3) is 0.727. The van der Waals surface area contributed by atoms with Crippen LogP contribution in [0.15, 0.2) is 11.6 Å². The van der Waals surface area contributed by atoms with Crippen LogP contribution in [0.1, 0.15) is 33.1 Å². The van der Waals surface area contributed by atoms with Crippen molar-refractivity contribution >= 4 is 16.5 Å². The van der Waals surface area contributed by atoms with E-state index in [9.17, 15) is 0 Å². The minimum absolute atomic E-state index is 0.518. The number of nitrogens with zero attached hydrogens (tertiary/aromatic N) is 1. The van der Waals surface area contributed by atoms with Crippen molar-refractivity contribution in [1.29, 1.82) is 0 Å². The summed E-state index contributed by atoms with van der Waals surface area (Å²) < 4.78 is 0. The predicted octanol–water partition coefficient (Wildman–Crippen LogP) is 3.38. The monoisotopic (exact) mass is 210 g/mol. The first-order valence-corrected chi connectivity index (χ1v) is 6.20. The van der Waals surface area contributed by atoms with Gasteiger partial charge in [-0.1, -0.05) is 20.3 Å². The molecular formula is C11H18N2S. The van der Waals surface area contributed by atoms with E-state index < -0.39 is 0 Å². The van der Waals surface area contributed by atoms with Crippen LogP contribution in [-0.2, 0) is 0 Å². The molecule has 1 N–H and O–H groups in total. The van der Waals surface area contributed by atoms with Gasteiger partial charge >= 0.3 is 0 Å². The Balaban J connectivity index is 1.86. The zero-order valence-electron chi connectivity index (χ0n) is 8.92. The lowest BCUT2D eigenvalue weighted by Gasteiger charge is -2.26. The van der Waals surface area contributed by atoms with Crippen molar-refractivity contribution in [2.75, 3.05) is 11.9 Å². The molecule has 1 aliphatic carbocycles. The zero-order chi connectivity index (χ0) is 10.0. The van der Waals surface area contributed by atoms with Crippen molar-refractivity contribution in [2.24, 2.45) is 11.3 Å². The molecule has 0 saturated heterocycles. The smallest absolute Gasteiger partial charge is 0.182 e. The second kappa shape index (κ2) is 3.89. The fourth-order valence-electron chi connectivity index (χ4n) is 2.30.